The molecule has 140 valence electrons. The molecule has 0 saturated carbocycles. The third-order valence-corrected chi connectivity index (χ3v) is 5.78. The lowest BCUT2D eigenvalue weighted by Gasteiger charge is -2.33. The van der Waals surface area contributed by atoms with E-state index in [-0.39, 0.29) is 0 Å². The van der Waals surface area contributed by atoms with Gasteiger partial charge in [0.15, 0.2) is 0 Å². The van der Waals surface area contributed by atoms with Crippen LogP contribution in [0.3, 0.4) is 0 Å². The van der Waals surface area contributed by atoms with Crippen LogP contribution in [0.5, 0.6) is 0 Å². The maximum atomic E-state index is 5.93. The average molecular weight is 349 g/mol. The Balaban J connectivity index is 1.32. The Labute approximate surface area is 150 Å². The first-order valence-corrected chi connectivity index (χ1v) is 9.93. The van der Waals surface area contributed by atoms with Crippen LogP contribution in [0.1, 0.15) is 43.5 Å². The fourth-order valence-electron chi connectivity index (χ4n) is 4.26. The molecule has 0 atom stereocenters. The molecule has 1 aromatic rings. The number of rotatable bonds is 6. The van der Waals surface area contributed by atoms with Gasteiger partial charge in [-0.1, -0.05) is 5.21 Å². The summed E-state index contributed by atoms with van der Waals surface area (Å²) in [5.74, 6) is 0. The second-order valence-electron chi connectivity index (χ2n) is 7.47. The fourth-order valence-corrected chi connectivity index (χ4v) is 4.26. The molecule has 2 fully saturated rings. The van der Waals surface area contributed by atoms with Gasteiger partial charge in [-0.3, -0.25) is 4.90 Å². The highest BCUT2D eigenvalue weighted by atomic mass is 16.5. The van der Waals surface area contributed by atoms with E-state index in [4.69, 9.17) is 9.47 Å². The Morgan fingerprint density at radius 3 is 2.72 bits per heavy atom. The van der Waals surface area contributed by atoms with Crippen LogP contribution in [0, 0.1) is 0 Å². The molecule has 0 amide bonds. The lowest BCUT2D eigenvalue weighted by molar-refractivity contribution is 0.0310. The predicted molar refractivity (Wildman–Crippen MR) is 94.2 cm³/mol. The molecule has 0 aromatic carbocycles. The second-order valence-corrected chi connectivity index (χ2v) is 7.47. The summed E-state index contributed by atoms with van der Waals surface area (Å²) in [4.78, 5) is 5.09. The molecule has 4 rings (SSSR count). The van der Waals surface area contributed by atoms with Crippen LogP contribution in [-0.2, 0) is 29.2 Å². The topological polar surface area (TPSA) is 55.7 Å². The minimum Gasteiger partial charge on any atom is -0.381 e. The Kier molecular flexibility index (Phi) is 5.97. The van der Waals surface area contributed by atoms with Crippen LogP contribution in [0.4, 0.5) is 0 Å². The van der Waals surface area contributed by atoms with E-state index in [1.165, 1.54) is 31.6 Å². The van der Waals surface area contributed by atoms with Crippen molar-refractivity contribution in [1.29, 1.82) is 0 Å². The number of nitrogens with zero attached hydrogens (tertiary/aromatic N) is 5. The first-order chi connectivity index (χ1) is 12.4. The van der Waals surface area contributed by atoms with E-state index in [1.54, 1.807) is 0 Å². The summed E-state index contributed by atoms with van der Waals surface area (Å²) in [5, 5.41) is 8.79. The maximum Gasteiger partial charge on any atom is 0.113 e. The molecule has 3 aliphatic rings. The molecular formula is C18H31N5O2. The lowest BCUT2D eigenvalue weighted by Crippen LogP contribution is -2.39. The zero-order valence-corrected chi connectivity index (χ0v) is 15.2. The fraction of sp³-hybridized carbons (Fsp3) is 0.889. The second kappa shape index (κ2) is 8.58. The van der Waals surface area contributed by atoms with E-state index in [2.05, 4.69) is 24.8 Å². The summed E-state index contributed by atoms with van der Waals surface area (Å²) in [7, 11) is 0. The van der Waals surface area contributed by atoms with E-state index in [0.29, 0.717) is 12.6 Å². The van der Waals surface area contributed by atoms with Crippen LogP contribution < -0.4 is 0 Å². The largest absolute Gasteiger partial charge is 0.381 e. The van der Waals surface area contributed by atoms with Crippen molar-refractivity contribution in [3.63, 3.8) is 0 Å². The summed E-state index contributed by atoms with van der Waals surface area (Å²) >= 11 is 0. The molecule has 0 spiro atoms. The van der Waals surface area contributed by atoms with Crippen molar-refractivity contribution < 1.29 is 9.47 Å². The van der Waals surface area contributed by atoms with Gasteiger partial charge in [0.2, 0.25) is 0 Å². The van der Waals surface area contributed by atoms with E-state index in [9.17, 15) is 0 Å². The van der Waals surface area contributed by atoms with Crippen molar-refractivity contribution >= 4 is 0 Å². The quantitative estimate of drug-likeness (QED) is 0.721. The highest BCUT2D eigenvalue weighted by molar-refractivity contribution is 5.10. The molecule has 4 heterocycles. The van der Waals surface area contributed by atoms with Gasteiger partial charge in [-0.05, 0) is 45.2 Å². The molecule has 2 saturated heterocycles. The molecule has 25 heavy (non-hydrogen) atoms. The van der Waals surface area contributed by atoms with Crippen molar-refractivity contribution in [2.45, 2.75) is 57.8 Å². The third-order valence-electron chi connectivity index (χ3n) is 5.78. The van der Waals surface area contributed by atoms with E-state index >= 15 is 0 Å². The first kappa shape index (κ1) is 17.4. The summed E-state index contributed by atoms with van der Waals surface area (Å²) in [6.07, 6.45) is 6.09. The molecule has 0 radical (unpaired) electrons. The minimum absolute atomic E-state index is 0.588. The molecule has 0 bridgehead atoms. The highest BCUT2D eigenvalue weighted by Crippen LogP contribution is 2.22. The average Bonchev–Trinajstić information content (AvgIpc) is 3.24. The van der Waals surface area contributed by atoms with Crippen molar-refractivity contribution in [1.82, 2.24) is 24.8 Å². The molecule has 3 aliphatic heterocycles. The van der Waals surface area contributed by atoms with Gasteiger partial charge in [-0.15, -0.1) is 5.10 Å². The summed E-state index contributed by atoms with van der Waals surface area (Å²) in [6, 6.07) is 0.638. The molecule has 0 unspecified atom stereocenters. The lowest BCUT2D eigenvalue weighted by atomic mass is 10.1. The molecule has 0 aliphatic carbocycles. The van der Waals surface area contributed by atoms with Gasteiger partial charge >= 0.3 is 0 Å². The zero-order chi connectivity index (χ0) is 16.9. The molecule has 7 nitrogen and oxygen atoms in total. The first-order valence-electron chi connectivity index (χ1n) is 9.93. The van der Waals surface area contributed by atoms with Crippen LogP contribution >= 0.6 is 0 Å². The number of aryl methyl sites for hydroxylation is 1. The van der Waals surface area contributed by atoms with E-state index in [0.717, 1.165) is 71.0 Å². The van der Waals surface area contributed by atoms with Crippen LogP contribution in [0.2, 0.25) is 0 Å². The van der Waals surface area contributed by atoms with Crippen molar-refractivity contribution in [2.75, 3.05) is 46.0 Å². The van der Waals surface area contributed by atoms with Crippen molar-refractivity contribution in [3.8, 4) is 0 Å². The summed E-state index contributed by atoms with van der Waals surface area (Å²) < 4.78 is 13.6. The van der Waals surface area contributed by atoms with Crippen molar-refractivity contribution in [3.05, 3.63) is 11.4 Å². The molecule has 7 heteroatoms. The molecule has 1 aromatic heterocycles. The predicted octanol–water partition coefficient (Wildman–Crippen LogP) is 1.28. The molecule has 0 N–H and O–H groups in total. The smallest absolute Gasteiger partial charge is 0.113 e. The summed E-state index contributed by atoms with van der Waals surface area (Å²) in [6.45, 7) is 9.71. The third kappa shape index (κ3) is 4.39. The van der Waals surface area contributed by atoms with Gasteiger partial charge in [0.25, 0.3) is 0 Å². The van der Waals surface area contributed by atoms with Crippen LogP contribution in [0.15, 0.2) is 0 Å². The zero-order valence-electron chi connectivity index (χ0n) is 15.2. The van der Waals surface area contributed by atoms with Crippen LogP contribution in [0.25, 0.3) is 0 Å². The van der Waals surface area contributed by atoms with Crippen LogP contribution in [-0.4, -0.2) is 76.8 Å². The Hall–Kier alpha value is -1.02. The van der Waals surface area contributed by atoms with Crippen molar-refractivity contribution in [2.24, 2.45) is 0 Å². The SMILES string of the molecule is C1CCN(CCOCc2nnn3c2CN(C2CCOCC2)CCC3)C1. The minimum atomic E-state index is 0.588. The standard InChI is InChI=1S/C18H31N5O2/c1-2-7-21(6-1)10-13-25-15-17-18-14-22(16-4-11-24-12-5-16)8-3-9-23(18)20-19-17/h16H,1-15H2. The van der Waals surface area contributed by atoms with Gasteiger partial charge < -0.3 is 14.4 Å². The Morgan fingerprint density at radius 2 is 1.88 bits per heavy atom. The van der Waals surface area contributed by atoms with Gasteiger partial charge in [0.05, 0.1) is 18.9 Å². The number of hydrogen-bond donors (Lipinski definition) is 0. The number of aromatic nitrogens is 3. The van der Waals surface area contributed by atoms with E-state index in [1.807, 2.05) is 0 Å². The Bertz CT molecular complexity index is 538. The monoisotopic (exact) mass is 349 g/mol. The van der Waals surface area contributed by atoms with Gasteiger partial charge in [0.1, 0.15) is 5.69 Å². The normalized spacial score (nSPS) is 23.7. The van der Waals surface area contributed by atoms with Gasteiger partial charge in [0, 0.05) is 45.4 Å². The molecular weight excluding hydrogens is 318 g/mol. The summed E-state index contributed by atoms with van der Waals surface area (Å²) in [5.41, 5.74) is 2.28. The van der Waals surface area contributed by atoms with E-state index < -0.39 is 0 Å². The van der Waals surface area contributed by atoms with Gasteiger partial charge in [-0.25, -0.2) is 4.68 Å². The Morgan fingerprint density at radius 1 is 1.04 bits per heavy atom. The maximum absolute atomic E-state index is 5.93. The highest BCUT2D eigenvalue weighted by Gasteiger charge is 2.26. The number of ether oxygens (including phenoxy) is 2. The van der Waals surface area contributed by atoms with Gasteiger partial charge in [-0.2, -0.15) is 0 Å². The number of fused-ring (bicyclic) bond motifs is 1. The number of hydrogen-bond acceptors (Lipinski definition) is 6. The number of likely N-dealkylation sites (tertiary alicyclic amines) is 1.